The molecule has 2 aromatic carbocycles. The first-order chi connectivity index (χ1) is 13.9. The standard InChI is InChI=1S/C24H32N2O3/c1-6-22(24(28)25-7-2)26(16-19-9-8-10-21(14-19)29-5)23(27)15-20-12-17(3)11-18(4)13-20/h8-14,22H,6-7,15-16H2,1-5H3,(H,25,28). The molecule has 156 valence electrons. The number of methoxy groups -OCH3 is 1. The van der Waals surface area contributed by atoms with Crippen molar-refractivity contribution in [1.82, 2.24) is 10.2 Å². The molecule has 2 aromatic rings. The summed E-state index contributed by atoms with van der Waals surface area (Å²) in [6.07, 6.45) is 0.816. The molecule has 0 bridgehead atoms. The second-order valence-corrected chi connectivity index (χ2v) is 7.36. The van der Waals surface area contributed by atoms with E-state index in [1.807, 2.05) is 64.1 Å². The zero-order chi connectivity index (χ0) is 21.4. The molecule has 1 N–H and O–H groups in total. The lowest BCUT2D eigenvalue weighted by Gasteiger charge is -2.31. The van der Waals surface area contributed by atoms with Gasteiger partial charge in [-0.1, -0.05) is 48.4 Å². The molecule has 0 spiro atoms. The van der Waals surface area contributed by atoms with Crippen molar-refractivity contribution in [2.75, 3.05) is 13.7 Å². The van der Waals surface area contributed by atoms with E-state index in [2.05, 4.69) is 11.4 Å². The maximum atomic E-state index is 13.3. The van der Waals surface area contributed by atoms with Crippen LogP contribution in [0.25, 0.3) is 0 Å². The molecule has 0 aliphatic heterocycles. The van der Waals surface area contributed by atoms with Gasteiger partial charge in [0, 0.05) is 13.1 Å². The molecule has 2 amide bonds. The van der Waals surface area contributed by atoms with Crippen LogP contribution in [0.4, 0.5) is 0 Å². The van der Waals surface area contributed by atoms with Crippen molar-refractivity contribution in [2.24, 2.45) is 0 Å². The van der Waals surface area contributed by atoms with Gasteiger partial charge in [0.05, 0.1) is 13.5 Å². The van der Waals surface area contributed by atoms with Crippen molar-refractivity contribution in [2.45, 2.75) is 53.1 Å². The highest BCUT2D eigenvalue weighted by atomic mass is 16.5. The van der Waals surface area contributed by atoms with Gasteiger partial charge in [0.2, 0.25) is 11.8 Å². The topological polar surface area (TPSA) is 58.6 Å². The monoisotopic (exact) mass is 396 g/mol. The van der Waals surface area contributed by atoms with Crippen LogP contribution in [0, 0.1) is 13.8 Å². The Morgan fingerprint density at radius 2 is 1.72 bits per heavy atom. The third-order valence-corrected chi connectivity index (χ3v) is 4.86. The summed E-state index contributed by atoms with van der Waals surface area (Å²) in [6.45, 7) is 8.76. The van der Waals surface area contributed by atoms with Crippen LogP contribution in [-0.2, 0) is 22.6 Å². The predicted octanol–water partition coefficient (Wildman–Crippen LogP) is 3.80. The summed E-state index contributed by atoms with van der Waals surface area (Å²) in [5.74, 6) is 0.554. The number of hydrogen-bond donors (Lipinski definition) is 1. The van der Waals surface area contributed by atoms with Gasteiger partial charge in [-0.25, -0.2) is 0 Å². The van der Waals surface area contributed by atoms with Crippen LogP contribution >= 0.6 is 0 Å². The van der Waals surface area contributed by atoms with Crippen LogP contribution in [0.3, 0.4) is 0 Å². The number of ether oxygens (including phenoxy) is 1. The Morgan fingerprint density at radius 3 is 2.31 bits per heavy atom. The maximum Gasteiger partial charge on any atom is 0.242 e. The molecule has 5 heteroatoms. The number of rotatable bonds is 9. The van der Waals surface area contributed by atoms with Crippen molar-refractivity contribution < 1.29 is 14.3 Å². The van der Waals surface area contributed by atoms with Crippen LogP contribution in [0.15, 0.2) is 42.5 Å². The number of carbonyl (C=O) groups is 2. The quantitative estimate of drug-likeness (QED) is 0.701. The highest BCUT2D eigenvalue weighted by molar-refractivity contribution is 5.88. The zero-order valence-corrected chi connectivity index (χ0v) is 18.1. The van der Waals surface area contributed by atoms with E-state index in [0.717, 1.165) is 28.0 Å². The molecule has 5 nitrogen and oxygen atoms in total. The third kappa shape index (κ3) is 6.34. The average Bonchev–Trinajstić information content (AvgIpc) is 2.67. The van der Waals surface area contributed by atoms with E-state index < -0.39 is 6.04 Å². The molecule has 0 radical (unpaired) electrons. The van der Waals surface area contributed by atoms with E-state index in [-0.39, 0.29) is 18.2 Å². The number of amides is 2. The summed E-state index contributed by atoms with van der Waals surface area (Å²) in [5.41, 5.74) is 4.15. The average molecular weight is 397 g/mol. The summed E-state index contributed by atoms with van der Waals surface area (Å²) in [6, 6.07) is 13.3. The normalized spacial score (nSPS) is 11.6. The number of carbonyl (C=O) groups excluding carboxylic acids is 2. The highest BCUT2D eigenvalue weighted by Crippen LogP contribution is 2.19. The van der Waals surface area contributed by atoms with Gasteiger partial charge in [-0.3, -0.25) is 9.59 Å². The maximum absolute atomic E-state index is 13.3. The number of nitrogens with one attached hydrogen (secondary N) is 1. The van der Waals surface area contributed by atoms with Crippen molar-refractivity contribution in [3.8, 4) is 5.75 Å². The Morgan fingerprint density at radius 1 is 1.03 bits per heavy atom. The summed E-state index contributed by atoms with van der Waals surface area (Å²) >= 11 is 0. The van der Waals surface area contributed by atoms with Gasteiger partial charge in [0.25, 0.3) is 0 Å². The van der Waals surface area contributed by atoms with Crippen LogP contribution in [0.5, 0.6) is 5.75 Å². The van der Waals surface area contributed by atoms with Gasteiger partial charge in [-0.15, -0.1) is 0 Å². The number of aryl methyl sites for hydroxylation is 2. The van der Waals surface area contributed by atoms with E-state index in [9.17, 15) is 9.59 Å². The summed E-state index contributed by atoms with van der Waals surface area (Å²) in [7, 11) is 1.62. The fraction of sp³-hybridized carbons (Fsp3) is 0.417. The third-order valence-electron chi connectivity index (χ3n) is 4.86. The Bertz CT molecular complexity index is 828. The van der Waals surface area contributed by atoms with E-state index in [0.29, 0.717) is 19.5 Å². The van der Waals surface area contributed by atoms with E-state index in [1.165, 1.54) is 0 Å². The minimum Gasteiger partial charge on any atom is -0.497 e. The summed E-state index contributed by atoms with van der Waals surface area (Å²) < 4.78 is 5.31. The van der Waals surface area contributed by atoms with Gasteiger partial charge in [-0.05, 0) is 50.5 Å². The second kappa shape index (κ2) is 10.6. The van der Waals surface area contributed by atoms with Crippen molar-refractivity contribution in [3.63, 3.8) is 0 Å². The summed E-state index contributed by atoms with van der Waals surface area (Å²) in [5, 5.41) is 2.86. The Hall–Kier alpha value is -2.82. The molecule has 0 saturated carbocycles. The molecule has 0 aromatic heterocycles. The van der Waals surface area contributed by atoms with Gasteiger partial charge in [0.1, 0.15) is 11.8 Å². The second-order valence-electron chi connectivity index (χ2n) is 7.36. The number of benzene rings is 2. The van der Waals surface area contributed by atoms with E-state index in [1.54, 1.807) is 12.0 Å². The molecule has 0 fully saturated rings. The number of hydrogen-bond acceptors (Lipinski definition) is 3. The largest absolute Gasteiger partial charge is 0.497 e. The molecule has 0 heterocycles. The molecule has 0 aliphatic carbocycles. The fourth-order valence-electron chi connectivity index (χ4n) is 3.63. The highest BCUT2D eigenvalue weighted by Gasteiger charge is 2.28. The lowest BCUT2D eigenvalue weighted by molar-refractivity contribution is -0.140. The first-order valence-corrected chi connectivity index (χ1v) is 10.1. The molecule has 0 saturated heterocycles. The number of likely N-dealkylation sites (N-methyl/N-ethyl adjacent to an activating group) is 1. The lowest BCUT2D eigenvalue weighted by atomic mass is 10.0. The molecule has 2 rings (SSSR count). The fourth-order valence-corrected chi connectivity index (χ4v) is 3.63. The first kappa shape index (κ1) is 22.5. The van der Waals surface area contributed by atoms with E-state index in [4.69, 9.17) is 4.74 Å². The molecule has 1 unspecified atom stereocenters. The van der Waals surface area contributed by atoms with E-state index >= 15 is 0 Å². The van der Waals surface area contributed by atoms with Gasteiger partial charge < -0.3 is 15.0 Å². The van der Waals surface area contributed by atoms with Crippen LogP contribution < -0.4 is 10.1 Å². The SMILES string of the molecule is CCNC(=O)C(CC)N(Cc1cccc(OC)c1)C(=O)Cc1cc(C)cc(C)c1. The molecule has 29 heavy (non-hydrogen) atoms. The van der Waals surface area contributed by atoms with Crippen LogP contribution in [0.1, 0.15) is 42.5 Å². The van der Waals surface area contributed by atoms with Crippen LogP contribution in [0.2, 0.25) is 0 Å². The Balaban J connectivity index is 2.33. The van der Waals surface area contributed by atoms with Crippen molar-refractivity contribution >= 4 is 11.8 Å². The minimum absolute atomic E-state index is 0.0593. The van der Waals surface area contributed by atoms with Crippen molar-refractivity contribution in [3.05, 3.63) is 64.7 Å². The Labute approximate surface area is 174 Å². The number of nitrogens with zero attached hydrogens (tertiary/aromatic N) is 1. The van der Waals surface area contributed by atoms with Crippen LogP contribution in [-0.4, -0.2) is 36.4 Å². The summed E-state index contributed by atoms with van der Waals surface area (Å²) in [4.78, 5) is 27.7. The lowest BCUT2D eigenvalue weighted by Crippen LogP contribution is -2.49. The molecular weight excluding hydrogens is 364 g/mol. The van der Waals surface area contributed by atoms with Gasteiger partial charge >= 0.3 is 0 Å². The van der Waals surface area contributed by atoms with Crippen molar-refractivity contribution in [1.29, 1.82) is 0 Å². The minimum atomic E-state index is -0.514. The Kier molecular flexibility index (Phi) is 8.25. The first-order valence-electron chi connectivity index (χ1n) is 10.1. The van der Waals surface area contributed by atoms with Gasteiger partial charge in [-0.2, -0.15) is 0 Å². The predicted molar refractivity (Wildman–Crippen MR) is 116 cm³/mol. The van der Waals surface area contributed by atoms with Gasteiger partial charge in [0.15, 0.2) is 0 Å². The molecule has 0 aliphatic rings. The molecule has 1 atom stereocenters. The molecular formula is C24H32N2O3. The zero-order valence-electron chi connectivity index (χ0n) is 18.1. The smallest absolute Gasteiger partial charge is 0.242 e.